The number of para-hydroxylation sites is 2. The molecule has 1 aliphatic rings. The first-order valence-electron chi connectivity index (χ1n) is 11.2. The number of ether oxygens (including phenoxy) is 2. The van der Waals surface area contributed by atoms with Crippen molar-refractivity contribution in [1.82, 2.24) is 0 Å². The van der Waals surface area contributed by atoms with Crippen molar-refractivity contribution in [1.29, 1.82) is 0 Å². The number of nitrogens with zero attached hydrogens (tertiary/aromatic N) is 1. The lowest BCUT2D eigenvalue weighted by atomic mass is 10.0. The second-order valence-corrected chi connectivity index (χ2v) is 8.59. The maximum absolute atomic E-state index is 13.6. The first-order chi connectivity index (χ1) is 16.4. The van der Waals surface area contributed by atoms with E-state index in [1.807, 2.05) is 43.3 Å². The predicted octanol–water partition coefficient (Wildman–Crippen LogP) is 5.44. The van der Waals surface area contributed by atoms with Crippen LogP contribution in [-0.4, -0.2) is 25.5 Å². The summed E-state index contributed by atoms with van der Waals surface area (Å²) in [5.41, 5.74) is 3.34. The van der Waals surface area contributed by atoms with Crippen molar-refractivity contribution < 1.29 is 19.1 Å². The number of hydrogen-bond acceptors (Lipinski definition) is 5. The Kier molecular flexibility index (Phi) is 6.68. The Hall–Kier alpha value is -4.06. The van der Waals surface area contributed by atoms with E-state index in [1.165, 1.54) is 4.90 Å². The minimum Gasteiger partial charge on any atom is -0.495 e. The Bertz CT molecular complexity index is 1230. The molecule has 1 aliphatic heterocycles. The first-order valence-corrected chi connectivity index (χ1v) is 11.2. The number of carbonyl (C=O) groups is 2. The molecule has 0 aromatic heterocycles. The van der Waals surface area contributed by atoms with Crippen LogP contribution in [0.3, 0.4) is 0 Å². The highest BCUT2D eigenvalue weighted by Gasteiger charge is 2.40. The quantitative estimate of drug-likeness (QED) is 0.458. The highest BCUT2D eigenvalue weighted by atomic mass is 16.5. The number of nitrogens with one attached hydrogen (secondary N) is 1. The summed E-state index contributed by atoms with van der Waals surface area (Å²) in [5, 5.41) is 3.17. The molecular formula is C28H28N2O4. The molecule has 0 radical (unpaired) electrons. The Balaban J connectivity index is 1.72. The van der Waals surface area contributed by atoms with Crippen molar-refractivity contribution in [2.24, 2.45) is 5.92 Å². The van der Waals surface area contributed by atoms with Crippen LogP contribution in [0.15, 0.2) is 78.5 Å². The van der Waals surface area contributed by atoms with Crippen LogP contribution in [0.25, 0.3) is 5.57 Å². The van der Waals surface area contributed by atoms with Gasteiger partial charge in [-0.25, -0.2) is 4.90 Å². The zero-order valence-corrected chi connectivity index (χ0v) is 19.8. The van der Waals surface area contributed by atoms with E-state index in [4.69, 9.17) is 9.47 Å². The molecule has 6 heteroatoms. The van der Waals surface area contributed by atoms with Crippen molar-refractivity contribution in [2.45, 2.75) is 20.8 Å². The minimum atomic E-state index is -0.428. The number of benzene rings is 3. The average molecular weight is 457 g/mol. The van der Waals surface area contributed by atoms with Crippen LogP contribution < -0.4 is 19.7 Å². The second-order valence-electron chi connectivity index (χ2n) is 8.59. The SMILES string of the molecule is COc1ccccc1NC1=C(c2ccc(C)cc2)C(=O)N(c2ccc(OCC(C)C)cc2)C1=O. The van der Waals surface area contributed by atoms with Gasteiger partial charge in [-0.3, -0.25) is 9.59 Å². The number of imide groups is 1. The second kappa shape index (κ2) is 9.83. The molecule has 0 bridgehead atoms. The van der Waals surface area contributed by atoms with Gasteiger partial charge in [-0.1, -0.05) is 55.8 Å². The molecule has 174 valence electrons. The Morgan fingerprint density at radius 1 is 0.882 bits per heavy atom. The Morgan fingerprint density at radius 2 is 1.56 bits per heavy atom. The number of hydrogen-bond donors (Lipinski definition) is 1. The molecule has 0 spiro atoms. The molecule has 0 fully saturated rings. The average Bonchev–Trinajstić information content (AvgIpc) is 3.08. The summed E-state index contributed by atoms with van der Waals surface area (Å²) in [5.74, 6) is 0.843. The minimum absolute atomic E-state index is 0.207. The molecule has 0 atom stereocenters. The molecule has 0 saturated carbocycles. The lowest BCUT2D eigenvalue weighted by Gasteiger charge is -2.17. The van der Waals surface area contributed by atoms with Crippen LogP contribution in [0, 0.1) is 12.8 Å². The van der Waals surface area contributed by atoms with Crippen molar-refractivity contribution >= 4 is 28.8 Å². The summed E-state index contributed by atoms with van der Waals surface area (Å²) in [6.45, 7) is 6.71. The fraction of sp³-hybridized carbons (Fsp3) is 0.214. The van der Waals surface area contributed by atoms with E-state index in [9.17, 15) is 9.59 Å². The zero-order valence-electron chi connectivity index (χ0n) is 19.8. The smallest absolute Gasteiger partial charge is 0.282 e. The third kappa shape index (κ3) is 4.66. The van der Waals surface area contributed by atoms with Gasteiger partial charge in [0, 0.05) is 0 Å². The van der Waals surface area contributed by atoms with Crippen molar-refractivity contribution in [3.05, 3.63) is 89.6 Å². The molecule has 1 N–H and O–H groups in total. The monoisotopic (exact) mass is 456 g/mol. The molecule has 6 nitrogen and oxygen atoms in total. The predicted molar refractivity (Wildman–Crippen MR) is 134 cm³/mol. The largest absolute Gasteiger partial charge is 0.495 e. The van der Waals surface area contributed by atoms with E-state index in [1.54, 1.807) is 43.5 Å². The van der Waals surface area contributed by atoms with E-state index in [0.29, 0.717) is 46.5 Å². The van der Waals surface area contributed by atoms with Crippen LogP contribution in [0.1, 0.15) is 25.0 Å². The Morgan fingerprint density at radius 3 is 2.21 bits per heavy atom. The molecule has 4 rings (SSSR count). The standard InChI is InChI=1S/C28H28N2O4/c1-18(2)17-34-22-15-13-21(14-16-22)30-27(31)25(20-11-9-19(3)10-12-20)26(28(30)32)29-23-7-5-6-8-24(23)33-4/h5-16,18,29H,17H2,1-4H3. The summed E-state index contributed by atoms with van der Waals surface area (Å²) in [4.78, 5) is 28.4. The van der Waals surface area contributed by atoms with Gasteiger partial charge in [0.25, 0.3) is 11.8 Å². The third-order valence-corrected chi connectivity index (χ3v) is 5.47. The number of carbonyl (C=O) groups excluding carboxylic acids is 2. The summed E-state index contributed by atoms with van der Waals surface area (Å²) in [6, 6.07) is 21.8. The number of anilines is 2. The molecule has 0 unspecified atom stereocenters. The van der Waals surface area contributed by atoms with Crippen molar-refractivity contribution in [3.8, 4) is 11.5 Å². The van der Waals surface area contributed by atoms with Gasteiger partial charge < -0.3 is 14.8 Å². The number of aryl methyl sites for hydroxylation is 1. The fourth-order valence-electron chi connectivity index (χ4n) is 3.71. The maximum atomic E-state index is 13.6. The maximum Gasteiger partial charge on any atom is 0.282 e. The van der Waals surface area contributed by atoms with Gasteiger partial charge in [0.2, 0.25) is 0 Å². The van der Waals surface area contributed by atoms with Gasteiger partial charge in [0.05, 0.1) is 30.7 Å². The van der Waals surface area contributed by atoms with Crippen molar-refractivity contribution in [3.63, 3.8) is 0 Å². The van der Waals surface area contributed by atoms with E-state index >= 15 is 0 Å². The topological polar surface area (TPSA) is 67.9 Å². The summed E-state index contributed by atoms with van der Waals surface area (Å²) < 4.78 is 11.2. The molecular weight excluding hydrogens is 428 g/mol. The highest BCUT2D eigenvalue weighted by molar-refractivity contribution is 6.46. The summed E-state index contributed by atoms with van der Waals surface area (Å²) in [6.07, 6.45) is 0. The van der Waals surface area contributed by atoms with Gasteiger partial charge in [-0.2, -0.15) is 0 Å². The fourth-order valence-corrected chi connectivity index (χ4v) is 3.71. The normalized spacial score (nSPS) is 13.6. The number of methoxy groups -OCH3 is 1. The zero-order chi connectivity index (χ0) is 24.2. The van der Waals surface area contributed by atoms with Crippen molar-refractivity contribution in [2.75, 3.05) is 23.9 Å². The lowest BCUT2D eigenvalue weighted by Crippen LogP contribution is -2.32. The molecule has 3 aromatic rings. The molecule has 0 saturated heterocycles. The van der Waals surface area contributed by atoms with Gasteiger partial charge in [-0.15, -0.1) is 0 Å². The highest BCUT2D eigenvalue weighted by Crippen LogP contribution is 2.36. The molecule has 1 heterocycles. The summed E-state index contributed by atoms with van der Waals surface area (Å²) >= 11 is 0. The molecule has 34 heavy (non-hydrogen) atoms. The van der Waals surface area contributed by atoms with Crippen LogP contribution in [0.4, 0.5) is 11.4 Å². The summed E-state index contributed by atoms with van der Waals surface area (Å²) in [7, 11) is 1.56. The van der Waals surface area contributed by atoms with E-state index in [-0.39, 0.29) is 11.6 Å². The lowest BCUT2D eigenvalue weighted by molar-refractivity contribution is -0.120. The third-order valence-electron chi connectivity index (χ3n) is 5.47. The molecule has 3 aromatic carbocycles. The van der Waals surface area contributed by atoms with Crippen LogP contribution in [-0.2, 0) is 9.59 Å². The van der Waals surface area contributed by atoms with Crippen LogP contribution in [0.2, 0.25) is 0 Å². The molecule has 0 aliphatic carbocycles. The van der Waals surface area contributed by atoms with Gasteiger partial charge in [0.15, 0.2) is 0 Å². The van der Waals surface area contributed by atoms with E-state index < -0.39 is 5.91 Å². The van der Waals surface area contributed by atoms with Crippen LogP contribution >= 0.6 is 0 Å². The van der Waals surface area contributed by atoms with Crippen LogP contribution in [0.5, 0.6) is 11.5 Å². The van der Waals surface area contributed by atoms with E-state index in [2.05, 4.69) is 19.2 Å². The number of amides is 2. The van der Waals surface area contributed by atoms with Gasteiger partial charge >= 0.3 is 0 Å². The number of rotatable bonds is 8. The van der Waals surface area contributed by atoms with Gasteiger partial charge in [0.1, 0.15) is 17.2 Å². The Labute approximate surface area is 199 Å². The van der Waals surface area contributed by atoms with E-state index in [0.717, 1.165) is 5.56 Å². The first kappa shape index (κ1) is 23.1. The molecule has 2 amide bonds. The van der Waals surface area contributed by atoms with Gasteiger partial charge in [-0.05, 0) is 54.8 Å².